The number of hydrogen-bond donors (Lipinski definition) is 1. The van der Waals surface area contributed by atoms with Crippen molar-refractivity contribution in [1.82, 2.24) is 0 Å². The first-order valence-electron chi connectivity index (χ1n) is 8.15. The summed E-state index contributed by atoms with van der Waals surface area (Å²) in [7, 11) is 0. The van der Waals surface area contributed by atoms with Crippen LogP contribution in [0.15, 0.2) is 54.6 Å². The summed E-state index contributed by atoms with van der Waals surface area (Å²) < 4.78 is 33.3. The standard InChI is InChI=1S/C21H12F2O3/c22-12-3-6-13(18(23)9-12)10-1-4-14-16(7-10)20-17-8-11(21(24)25)2-5-15(17)19(14)26-20/h1-9,19-20H,(H,24,25). The molecule has 2 bridgehead atoms. The monoisotopic (exact) mass is 350 g/mol. The number of carboxylic acids is 1. The number of carboxylic acid groups (broad SMARTS) is 1. The molecular formula is C21H12F2O3. The maximum Gasteiger partial charge on any atom is 0.335 e. The fourth-order valence-electron chi connectivity index (χ4n) is 3.87. The van der Waals surface area contributed by atoms with E-state index < -0.39 is 17.6 Å². The van der Waals surface area contributed by atoms with Gasteiger partial charge >= 0.3 is 5.97 Å². The quantitative estimate of drug-likeness (QED) is 0.718. The van der Waals surface area contributed by atoms with Crippen LogP contribution < -0.4 is 0 Å². The SMILES string of the molecule is O=C(O)c1ccc2c(c1)C1OC2c2ccc(-c3ccc(F)cc3F)cc21. The average molecular weight is 350 g/mol. The Bertz CT molecular complexity index is 1090. The van der Waals surface area contributed by atoms with Crippen LogP contribution in [0.5, 0.6) is 0 Å². The van der Waals surface area contributed by atoms with Crippen LogP contribution in [-0.4, -0.2) is 11.1 Å². The number of benzene rings is 3. The molecule has 0 saturated carbocycles. The van der Waals surface area contributed by atoms with Crippen LogP contribution in [0.25, 0.3) is 11.1 Å². The topological polar surface area (TPSA) is 46.5 Å². The van der Waals surface area contributed by atoms with Crippen LogP contribution in [-0.2, 0) is 4.74 Å². The lowest BCUT2D eigenvalue weighted by atomic mass is 9.84. The number of halogens is 2. The number of hydrogen-bond acceptors (Lipinski definition) is 2. The van der Waals surface area contributed by atoms with Crippen molar-refractivity contribution in [1.29, 1.82) is 0 Å². The molecule has 3 nitrogen and oxygen atoms in total. The third-order valence-corrected chi connectivity index (χ3v) is 5.06. The highest BCUT2D eigenvalue weighted by Gasteiger charge is 2.43. The summed E-state index contributed by atoms with van der Waals surface area (Å²) in [5.74, 6) is -2.23. The van der Waals surface area contributed by atoms with Crippen molar-refractivity contribution < 1.29 is 23.4 Å². The van der Waals surface area contributed by atoms with Crippen LogP contribution in [0.1, 0.15) is 44.8 Å². The molecule has 1 N–H and O–H groups in total. The molecule has 2 aliphatic heterocycles. The van der Waals surface area contributed by atoms with E-state index in [9.17, 15) is 18.7 Å². The van der Waals surface area contributed by atoms with Gasteiger partial charge in [0.15, 0.2) is 0 Å². The molecule has 3 aromatic carbocycles. The van der Waals surface area contributed by atoms with Crippen LogP contribution >= 0.6 is 0 Å². The molecule has 2 unspecified atom stereocenters. The highest BCUT2D eigenvalue weighted by Crippen LogP contribution is 2.54. The van der Waals surface area contributed by atoms with Gasteiger partial charge in [0.1, 0.15) is 23.8 Å². The maximum atomic E-state index is 14.1. The van der Waals surface area contributed by atoms with E-state index in [1.165, 1.54) is 12.1 Å². The van der Waals surface area contributed by atoms with E-state index in [-0.39, 0.29) is 17.8 Å². The largest absolute Gasteiger partial charge is 0.478 e. The second-order valence-electron chi connectivity index (χ2n) is 6.51. The maximum absolute atomic E-state index is 14.1. The molecule has 2 heterocycles. The zero-order valence-corrected chi connectivity index (χ0v) is 13.4. The lowest BCUT2D eigenvalue weighted by molar-refractivity contribution is 0.0696. The third-order valence-electron chi connectivity index (χ3n) is 5.06. The summed E-state index contributed by atoms with van der Waals surface area (Å²) in [5.41, 5.74) is 4.85. The van der Waals surface area contributed by atoms with E-state index in [4.69, 9.17) is 4.74 Å². The molecule has 0 spiro atoms. The van der Waals surface area contributed by atoms with E-state index in [0.29, 0.717) is 11.1 Å². The minimum absolute atomic E-state index is 0.210. The van der Waals surface area contributed by atoms with Gasteiger partial charge in [-0.15, -0.1) is 0 Å². The Morgan fingerprint density at radius 2 is 1.54 bits per heavy atom. The zero-order chi connectivity index (χ0) is 18.0. The molecule has 5 heteroatoms. The van der Waals surface area contributed by atoms with Gasteiger partial charge in [-0.05, 0) is 58.1 Å². The summed E-state index contributed by atoms with van der Waals surface area (Å²) in [5, 5.41) is 9.21. The van der Waals surface area contributed by atoms with Crippen LogP contribution in [0.3, 0.4) is 0 Å². The van der Waals surface area contributed by atoms with E-state index in [1.54, 1.807) is 24.3 Å². The summed E-state index contributed by atoms with van der Waals surface area (Å²) in [6, 6.07) is 14.0. The molecule has 0 saturated heterocycles. The lowest BCUT2D eigenvalue weighted by Gasteiger charge is -2.17. The Kier molecular flexibility index (Phi) is 3.06. The van der Waals surface area contributed by atoms with Crippen LogP contribution in [0.4, 0.5) is 8.78 Å². The molecule has 2 atom stereocenters. The van der Waals surface area contributed by atoms with Crippen molar-refractivity contribution in [2.24, 2.45) is 0 Å². The first kappa shape index (κ1) is 15.2. The number of rotatable bonds is 2. The second kappa shape index (κ2) is 5.22. The molecule has 0 amide bonds. The average Bonchev–Trinajstić information content (AvgIpc) is 3.18. The van der Waals surface area contributed by atoms with E-state index in [1.807, 2.05) is 12.1 Å². The number of fused-ring (bicyclic) bond motifs is 8. The van der Waals surface area contributed by atoms with Gasteiger partial charge in [-0.25, -0.2) is 13.6 Å². The van der Waals surface area contributed by atoms with Crippen molar-refractivity contribution in [2.75, 3.05) is 0 Å². The Hall–Kier alpha value is -3.05. The molecule has 5 rings (SSSR count). The number of ether oxygens (including phenoxy) is 1. The van der Waals surface area contributed by atoms with Crippen molar-refractivity contribution in [2.45, 2.75) is 12.2 Å². The molecule has 128 valence electrons. The Morgan fingerprint density at radius 1 is 0.846 bits per heavy atom. The molecule has 0 radical (unpaired) electrons. The van der Waals surface area contributed by atoms with Gasteiger partial charge in [0.05, 0.1) is 5.56 Å². The third kappa shape index (κ3) is 2.04. The first-order chi connectivity index (χ1) is 12.5. The Labute approximate surface area is 147 Å². The van der Waals surface area contributed by atoms with Gasteiger partial charge in [-0.2, -0.15) is 0 Å². The molecular weight excluding hydrogens is 338 g/mol. The first-order valence-corrected chi connectivity index (χ1v) is 8.15. The summed E-state index contributed by atoms with van der Waals surface area (Å²) >= 11 is 0. The van der Waals surface area contributed by atoms with Gasteiger partial charge < -0.3 is 9.84 Å². The van der Waals surface area contributed by atoms with Gasteiger partial charge in [-0.3, -0.25) is 0 Å². The van der Waals surface area contributed by atoms with Crippen molar-refractivity contribution in [3.63, 3.8) is 0 Å². The van der Waals surface area contributed by atoms with Gasteiger partial charge in [-0.1, -0.05) is 18.2 Å². The Balaban J connectivity index is 1.62. The molecule has 3 aromatic rings. The predicted molar refractivity (Wildman–Crippen MR) is 90.0 cm³/mol. The van der Waals surface area contributed by atoms with E-state index in [2.05, 4.69) is 0 Å². The molecule has 0 fully saturated rings. The highest BCUT2D eigenvalue weighted by atomic mass is 19.1. The minimum atomic E-state index is -0.988. The number of carbonyl (C=O) groups is 1. The van der Waals surface area contributed by atoms with E-state index in [0.717, 1.165) is 28.3 Å². The molecule has 0 aliphatic carbocycles. The summed E-state index contributed by atoms with van der Waals surface area (Å²) in [4.78, 5) is 11.2. The fourth-order valence-corrected chi connectivity index (χ4v) is 3.87. The van der Waals surface area contributed by atoms with Gasteiger partial charge in [0.25, 0.3) is 0 Å². The second-order valence-corrected chi connectivity index (χ2v) is 6.51. The zero-order valence-electron chi connectivity index (χ0n) is 13.4. The smallest absolute Gasteiger partial charge is 0.335 e. The van der Waals surface area contributed by atoms with Crippen molar-refractivity contribution in [3.05, 3.63) is 94.0 Å². The van der Waals surface area contributed by atoms with Crippen molar-refractivity contribution in [3.8, 4) is 11.1 Å². The van der Waals surface area contributed by atoms with Crippen LogP contribution in [0, 0.1) is 11.6 Å². The van der Waals surface area contributed by atoms with Gasteiger partial charge in [0.2, 0.25) is 0 Å². The minimum Gasteiger partial charge on any atom is -0.478 e. The fraction of sp³-hybridized carbons (Fsp3) is 0.0952. The highest BCUT2D eigenvalue weighted by molar-refractivity contribution is 5.88. The summed E-state index contributed by atoms with van der Waals surface area (Å²) in [6.07, 6.45) is -0.604. The predicted octanol–water partition coefficient (Wildman–Crippen LogP) is 4.85. The Morgan fingerprint density at radius 3 is 2.27 bits per heavy atom. The molecule has 26 heavy (non-hydrogen) atoms. The molecule has 2 aliphatic rings. The van der Waals surface area contributed by atoms with Gasteiger partial charge in [0, 0.05) is 11.6 Å². The van der Waals surface area contributed by atoms with E-state index >= 15 is 0 Å². The summed E-state index contributed by atoms with van der Waals surface area (Å²) in [6.45, 7) is 0. The lowest BCUT2D eigenvalue weighted by Crippen LogP contribution is -2.06. The number of aromatic carboxylic acids is 1. The molecule has 0 aromatic heterocycles. The van der Waals surface area contributed by atoms with Crippen LogP contribution in [0.2, 0.25) is 0 Å². The van der Waals surface area contributed by atoms with Crippen molar-refractivity contribution >= 4 is 5.97 Å². The normalized spacial score (nSPS) is 19.3.